The molecule has 1 aliphatic carbocycles. The minimum absolute atomic E-state index is 0.452. The third-order valence-corrected chi connectivity index (χ3v) is 4.02. The van der Waals surface area contributed by atoms with E-state index in [-0.39, 0.29) is 0 Å². The fourth-order valence-corrected chi connectivity index (χ4v) is 2.72. The van der Waals surface area contributed by atoms with Crippen LogP contribution in [0.3, 0.4) is 0 Å². The van der Waals surface area contributed by atoms with Crippen LogP contribution in [0.25, 0.3) is 0 Å². The molecule has 1 unspecified atom stereocenters. The van der Waals surface area contributed by atoms with Crippen molar-refractivity contribution in [2.75, 3.05) is 13.2 Å². The monoisotopic (exact) mass is 271 g/mol. The Labute approximate surface area is 116 Å². The van der Waals surface area contributed by atoms with Crippen molar-refractivity contribution in [1.29, 1.82) is 0 Å². The van der Waals surface area contributed by atoms with Gasteiger partial charge in [0.05, 0.1) is 6.10 Å². The number of rotatable bonds is 9. The highest BCUT2D eigenvalue weighted by Crippen LogP contribution is 2.21. The van der Waals surface area contributed by atoms with E-state index in [4.69, 9.17) is 4.74 Å². The van der Waals surface area contributed by atoms with Crippen molar-refractivity contribution in [3.63, 3.8) is 0 Å². The van der Waals surface area contributed by atoms with Crippen LogP contribution < -0.4 is 5.32 Å². The third kappa shape index (κ3) is 5.91. The largest absolute Gasteiger partial charge is 0.480 e. The van der Waals surface area contributed by atoms with Crippen molar-refractivity contribution in [2.24, 2.45) is 0 Å². The molecule has 19 heavy (non-hydrogen) atoms. The lowest BCUT2D eigenvalue weighted by Crippen LogP contribution is -2.49. The third-order valence-electron chi connectivity index (χ3n) is 4.02. The van der Waals surface area contributed by atoms with Crippen molar-refractivity contribution < 1.29 is 14.6 Å². The predicted octanol–water partition coefficient (Wildman–Crippen LogP) is 2.96. The van der Waals surface area contributed by atoms with E-state index in [0.717, 1.165) is 19.4 Å². The molecule has 0 radical (unpaired) electrons. The Kier molecular flexibility index (Phi) is 7.39. The SMILES string of the molecule is CCNC(C)(CCCCOC1CCCCC1)C(=O)O. The van der Waals surface area contributed by atoms with Gasteiger partial charge in [0.15, 0.2) is 0 Å². The van der Waals surface area contributed by atoms with Gasteiger partial charge in [0.2, 0.25) is 0 Å². The molecular weight excluding hydrogens is 242 g/mol. The Hall–Kier alpha value is -0.610. The number of carboxylic acids is 1. The molecule has 0 aromatic rings. The molecule has 4 heteroatoms. The maximum absolute atomic E-state index is 11.2. The summed E-state index contributed by atoms with van der Waals surface area (Å²) in [4.78, 5) is 11.2. The molecule has 0 aliphatic heterocycles. The topological polar surface area (TPSA) is 58.6 Å². The van der Waals surface area contributed by atoms with Gasteiger partial charge in [0.1, 0.15) is 5.54 Å². The van der Waals surface area contributed by atoms with Gasteiger partial charge in [-0.2, -0.15) is 0 Å². The number of hydrogen-bond acceptors (Lipinski definition) is 3. The molecular formula is C15H29NO3. The molecule has 0 spiro atoms. The van der Waals surface area contributed by atoms with Crippen LogP contribution in [0.2, 0.25) is 0 Å². The lowest BCUT2D eigenvalue weighted by atomic mass is 9.95. The summed E-state index contributed by atoms with van der Waals surface area (Å²) in [5.74, 6) is -0.762. The highest BCUT2D eigenvalue weighted by molar-refractivity contribution is 5.78. The summed E-state index contributed by atoms with van der Waals surface area (Å²) in [6.07, 6.45) is 9.28. The number of hydrogen-bond donors (Lipinski definition) is 2. The van der Waals surface area contributed by atoms with Crippen molar-refractivity contribution >= 4 is 5.97 Å². The fraction of sp³-hybridized carbons (Fsp3) is 0.933. The van der Waals surface area contributed by atoms with Crippen LogP contribution in [0.1, 0.15) is 65.2 Å². The number of unbranched alkanes of at least 4 members (excludes halogenated alkanes) is 1. The lowest BCUT2D eigenvalue weighted by molar-refractivity contribution is -0.144. The van der Waals surface area contributed by atoms with Crippen LogP contribution in [0.15, 0.2) is 0 Å². The smallest absolute Gasteiger partial charge is 0.323 e. The summed E-state index contributed by atoms with van der Waals surface area (Å²) in [5.41, 5.74) is -0.792. The Morgan fingerprint density at radius 3 is 2.58 bits per heavy atom. The van der Waals surface area contributed by atoms with E-state index in [1.54, 1.807) is 6.92 Å². The van der Waals surface area contributed by atoms with Crippen molar-refractivity contribution in [3.8, 4) is 0 Å². The van der Waals surface area contributed by atoms with Gasteiger partial charge in [-0.05, 0) is 45.6 Å². The van der Waals surface area contributed by atoms with Gasteiger partial charge in [-0.25, -0.2) is 0 Å². The molecule has 1 atom stereocenters. The summed E-state index contributed by atoms with van der Waals surface area (Å²) >= 11 is 0. The molecule has 0 aromatic carbocycles. The lowest BCUT2D eigenvalue weighted by Gasteiger charge is -2.26. The van der Waals surface area contributed by atoms with E-state index in [9.17, 15) is 9.90 Å². The Morgan fingerprint density at radius 2 is 2.00 bits per heavy atom. The first-order valence-electron chi connectivity index (χ1n) is 7.68. The van der Waals surface area contributed by atoms with Crippen LogP contribution >= 0.6 is 0 Å². The van der Waals surface area contributed by atoms with Gasteiger partial charge < -0.3 is 15.2 Å². The zero-order valence-electron chi connectivity index (χ0n) is 12.4. The first-order valence-corrected chi connectivity index (χ1v) is 7.68. The molecule has 1 rings (SSSR count). The van der Waals surface area contributed by atoms with Crippen LogP contribution in [-0.2, 0) is 9.53 Å². The van der Waals surface area contributed by atoms with E-state index in [2.05, 4.69) is 5.32 Å². The Balaban J connectivity index is 2.12. The van der Waals surface area contributed by atoms with E-state index in [1.165, 1.54) is 32.1 Å². The standard InChI is InChI=1S/C15H29NO3/c1-3-16-15(2,14(17)18)11-7-8-12-19-13-9-5-4-6-10-13/h13,16H,3-12H2,1-2H3,(H,17,18). The predicted molar refractivity (Wildman–Crippen MR) is 76.4 cm³/mol. The first-order chi connectivity index (χ1) is 9.08. The number of nitrogens with one attached hydrogen (secondary N) is 1. The molecule has 0 saturated heterocycles. The molecule has 0 aromatic heterocycles. The second kappa shape index (κ2) is 8.54. The molecule has 112 valence electrons. The second-order valence-corrected chi connectivity index (χ2v) is 5.76. The van der Waals surface area contributed by atoms with Crippen molar-refractivity contribution in [1.82, 2.24) is 5.32 Å². The van der Waals surface area contributed by atoms with E-state index in [0.29, 0.717) is 19.1 Å². The molecule has 2 N–H and O–H groups in total. The minimum atomic E-state index is -0.792. The summed E-state index contributed by atoms with van der Waals surface area (Å²) in [5, 5.41) is 12.3. The number of carboxylic acid groups (broad SMARTS) is 1. The molecule has 1 aliphatic rings. The van der Waals surface area contributed by atoms with E-state index >= 15 is 0 Å². The summed E-state index contributed by atoms with van der Waals surface area (Å²) in [7, 11) is 0. The zero-order chi connectivity index (χ0) is 14.1. The number of carbonyl (C=O) groups is 1. The highest BCUT2D eigenvalue weighted by Gasteiger charge is 2.31. The van der Waals surface area contributed by atoms with Gasteiger partial charge >= 0.3 is 5.97 Å². The molecule has 0 heterocycles. The number of aliphatic carboxylic acids is 1. The van der Waals surface area contributed by atoms with Gasteiger partial charge in [-0.1, -0.05) is 26.2 Å². The van der Waals surface area contributed by atoms with Crippen molar-refractivity contribution in [2.45, 2.75) is 76.9 Å². The summed E-state index contributed by atoms with van der Waals surface area (Å²) in [6, 6.07) is 0. The van der Waals surface area contributed by atoms with Crippen LogP contribution in [-0.4, -0.2) is 35.9 Å². The Bertz CT molecular complexity index is 264. The molecule has 1 saturated carbocycles. The zero-order valence-corrected chi connectivity index (χ0v) is 12.4. The van der Waals surface area contributed by atoms with Crippen molar-refractivity contribution in [3.05, 3.63) is 0 Å². The highest BCUT2D eigenvalue weighted by atomic mass is 16.5. The normalized spacial score (nSPS) is 20.1. The summed E-state index contributed by atoms with van der Waals surface area (Å²) in [6.45, 7) is 5.15. The van der Waals surface area contributed by atoms with E-state index < -0.39 is 11.5 Å². The van der Waals surface area contributed by atoms with Crippen LogP contribution in [0, 0.1) is 0 Å². The van der Waals surface area contributed by atoms with Crippen LogP contribution in [0.4, 0.5) is 0 Å². The quantitative estimate of drug-likeness (QED) is 0.633. The van der Waals surface area contributed by atoms with Gasteiger partial charge in [0.25, 0.3) is 0 Å². The maximum atomic E-state index is 11.2. The van der Waals surface area contributed by atoms with Gasteiger partial charge in [-0.3, -0.25) is 4.79 Å². The van der Waals surface area contributed by atoms with E-state index in [1.807, 2.05) is 6.92 Å². The summed E-state index contributed by atoms with van der Waals surface area (Å²) < 4.78 is 5.85. The molecule has 1 fully saturated rings. The first kappa shape index (κ1) is 16.4. The van der Waals surface area contributed by atoms with Gasteiger partial charge in [-0.15, -0.1) is 0 Å². The average molecular weight is 271 g/mol. The maximum Gasteiger partial charge on any atom is 0.323 e. The Morgan fingerprint density at radius 1 is 1.32 bits per heavy atom. The van der Waals surface area contributed by atoms with Gasteiger partial charge in [0, 0.05) is 6.61 Å². The number of likely N-dealkylation sites (N-methyl/N-ethyl adjacent to an activating group) is 1. The molecule has 0 bridgehead atoms. The second-order valence-electron chi connectivity index (χ2n) is 5.76. The molecule has 4 nitrogen and oxygen atoms in total. The number of ether oxygens (including phenoxy) is 1. The average Bonchev–Trinajstić information content (AvgIpc) is 2.39. The molecule has 0 amide bonds. The van der Waals surface area contributed by atoms with Crippen LogP contribution in [0.5, 0.6) is 0 Å². The fourth-order valence-electron chi connectivity index (χ4n) is 2.72. The minimum Gasteiger partial charge on any atom is -0.480 e.